The first-order chi connectivity index (χ1) is 10.3. The van der Waals surface area contributed by atoms with Crippen molar-refractivity contribution in [3.05, 3.63) is 63.6 Å². The molecule has 0 spiro atoms. The summed E-state index contributed by atoms with van der Waals surface area (Å²) in [5, 5.41) is 9.44. The Balaban J connectivity index is 1.74. The molecule has 0 saturated carbocycles. The lowest BCUT2D eigenvalue weighted by molar-refractivity contribution is 0.248. The number of ether oxygens (including phenoxy) is 1. The number of hydrogen-bond donors (Lipinski definition) is 1. The number of aliphatic hydroxyl groups is 1. The molecule has 1 N–H and O–H groups in total. The van der Waals surface area contributed by atoms with E-state index in [0.717, 1.165) is 15.8 Å². The van der Waals surface area contributed by atoms with Gasteiger partial charge in [-0.05, 0) is 48.6 Å². The summed E-state index contributed by atoms with van der Waals surface area (Å²) >= 11 is 3.42. The van der Waals surface area contributed by atoms with E-state index in [0.29, 0.717) is 12.5 Å². The first kappa shape index (κ1) is 14.6. The Morgan fingerprint density at radius 2 is 2.05 bits per heavy atom. The molecule has 0 bridgehead atoms. The second-order valence-corrected chi connectivity index (χ2v) is 6.42. The SMILES string of the molecule is OCc1cc(Br)ccc1OCC1CCCc2ccccc21. The summed E-state index contributed by atoms with van der Waals surface area (Å²) in [6, 6.07) is 14.4. The zero-order valence-corrected chi connectivity index (χ0v) is 13.5. The fraction of sp³-hybridized carbons (Fsp3) is 0.333. The van der Waals surface area contributed by atoms with Crippen LogP contribution in [0.25, 0.3) is 0 Å². The van der Waals surface area contributed by atoms with E-state index in [4.69, 9.17) is 4.74 Å². The van der Waals surface area contributed by atoms with E-state index >= 15 is 0 Å². The Labute approximate surface area is 133 Å². The van der Waals surface area contributed by atoms with Crippen LogP contribution < -0.4 is 4.74 Å². The Morgan fingerprint density at radius 1 is 1.19 bits per heavy atom. The normalized spacial score (nSPS) is 17.3. The summed E-state index contributed by atoms with van der Waals surface area (Å²) in [5.41, 5.74) is 3.70. The molecule has 2 nitrogen and oxygen atoms in total. The van der Waals surface area contributed by atoms with Crippen molar-refractivity contribution in [1.82, 2.24) is 0 Å². The summed E-state index contributed by atoms with van der Waals surface area (Å²) in [7, 11) is 0. The second-order valence-electron chi connectivity index (χ2n) is 5.51. The van der Waals surface area contributed by atoms with E-state index in [9.17, 15) is 5.11 Å². The minimum absolute atomic E-state index is 0.00394. The van der Waals surface area contributed by atoms with E-state index in [1.807, 2.05) is 18.2 Å². The van der Waals surface area contributed by atoms with Gasteiger partial charge < -0.3 is 9.84 Å². The molecule has 0 aromatic heterocycles. The van der Waals surface area contributed by atoms with E-state index in [1.165, 1.54) is 30.4 Å². The summed E-state index contributed by atoms with van der Waals surface area (Å²) in [5.74, 6) is 1.23. The fourth-order valence-electron chi connectivity index (χ4n) is 3.03. The van der Waals surface area contributed by atoms with Gasteiger partial charge in [-0.1, -0.05) is 40.2 Å². The lowest BCUT2D eigenvalue weighted by Crippen LogP contribution is -2.17. The van der Waals surface area contributed by atoms with Crippen molar-refractivity contribution < 1.29 is 9.84 Å². The topological polar surface area (TPSA) is 29.5 Å². The molecule has 3 heteroatoms. The maximum Gasteiger partial charge on any atom is 0.124 e. The molecule has 110 valence electrons. The van der Waals surface area contributed by atoms with Crippen LogP contribution in [0.3, 0.4) is 0 Å². The van der Waals surface area contributed by atoms with Crippen molar-refractivity contribution in [1.29, 1.82) is 0 Å². The third-order valence-corrected chi connectivity index (χ3v) is 4.62. The quantitative estimate of drug-likeness (QED) is 0.886. The Kier molecular flexibility index (Phi) is 4.61. The van der Waals surface area contributed by atoms with E-state index in [1.54, 1.807) is 0 Å². The van der Waals surface area contributed by atoms with Gasteiger partial charge in [-0.2, -0.15) is 0 Å². The standard InChI is InChI=1S/C18H19BrO2/c19-16-8-9-18(15(10-16)11-20)21-12-14-6-3-5-13-4-1-2-7-17(13)14/h1-2,4,7-10,14,20H,3,5-6,11-12H2. The lowest BCUT2D eigenvalue weighted by Gasteiger charge is -2.25. The number of aliphatic hydroxyl groups excluding tert-OH is 1. The monoisotopic (exact) mass is 346 g/mol. The highest BCUT2D eigenvalue weighted by molar-refractivity contribution is 9.10. The molecule has 21 heavy (non-hydrogen) atoms. The van der Waals surface area contributed by atoms with Crippen molar-refractivity contribution in [2.75, 3.05) is 6.61 Å². The highest BCUT2D eigenvalue weighted by Gasteiger charge is 2.20. The minimum Gasteiger partial charge on any atom is -0.493 e. The molecule has 2 aromatic rings. The van der Waals surface area contributed by atoms with Crippen molar-refractivity contribution in [3.63, 3.8) is 0 Å². The zero-order chi connectivity index (χ0) is 14.7. The van der Waals surface area contributed by atoms with E-state index in [2.05, 4.69) is 40.2 Å². The van der Waals surface area contributed by atoms with Crippen molar-refractivity contribution >= 4 is 15.9 Å². The smallest absolute Gasteiger partial charge is 0.124 e. The largest absolute Gasteiger partial charge is 0.493 e. The molecule has 3 rings (SSSR count). The molecule has 1 aliphatic carbocycles. The fourth-order valence-corrected chi connectivity index (χ4v) is 3.44. The maximum absolute atomic E-state index is 9.44. The first-order valence-corrected chi connectivity index (χ1v) is 8.17. The summed E-state index contributed by atoms with van der Waals surface area (Å²) in [6.07, 6.45) is 3.56. The van der Waals surface area contributed by atoms with Crippen LogP contribution in [0.2, 0.25) is 0 Å². The van der Waals surface area contributed by atoms with Crippen LogP contribution in [0.5, 0.6) is 5.75 Å². The van der Waals surface area contributed by atoms with Gasteiger partial charge >= 0.3 is 0 Å². The van der Waals surface area contributed by atoms with Gasteiger partial charge in [0, 0.05) is 16.0 Å². The van der Waals surface area contributed by atoms with Crippen molar-refractivity contribution in [3.8, 4) is 5.75 Å². The highest BCUT2D eigenvalue weighted by Crippen LogP contribution is 2.32. The van der Waals surface area contributed by atoms with Gasteiger partial charge in [-0.25, -0.2) is 0 Å². The van der Waals surface area contributed by atoms with Crippen LogP contribution in [0.4, 0.5) is 0 Å². The molecule has 0 amide bonds. The number of halogens is 1. The lowest BCUT2D eigenvalue weighted by atomic mass is 9.83. The molecule has 2 aromatic carbocycles. The van der Waals surface area contributed by atoms with Crippen LogP contribution in [0.1, 0.15) is 35.4 Å². The summed E-state index contributed by atoms with van der Waals surface area (Å²) in [6.45, 7) is 0.668. The van der Waals surface area contributed by atoms with Gasteiger partial charge in [0.25, 0.3) is 0 Å². The minimum atomic E-state index is -0.00394. The Morgan fingerprint density at radius 3 is 2.90 bits per heavy atom. The molecule has 0 saturated heterocycles. The molecule has 0 radical (unpaired) electrons. The van der Waals surface area contributed by atoms with E-state index < -0.39 is 0 Å². The molecule has 0 aliphatic heterocycles. The van der Waals surface area contributed by atoms with Gasteiger partial charge in [0.1, 0.15) is 5.75 Å². The highest BCUT2D eigenvalue weighted by atomic mass is 79.9. The average Bonchev–Trinajstić information content (AvgIpc) is 2.53. The van der Waals surface area contributed by atoms with Gasteiger partial charge in [0.15, 0.2) is 0 Å². The van der Waals surface area contributed by atoms with Crippen LogP contribution >= 0.6 is 15.9 Å². The third kappa shape index (κ3) is 3.30. The number of benzene rings is 2. The molecule has 1 atom stereocenters. The summed E-state index contributed by atoms with van der Waals surface area (Å²) < 4.78 is 6.96. The molecule has 0 heterocycles. The van der Waals surface area contributed by atoms with Crippen LogP contribution in [0, 0.1) is 0 Å². The van der Waals surface area contributed by atoms with E-state index in [-0.39, 0.29) is 6.61 Å². The van der Waals surface area contributed by atoms with Gasteiger partial charge in [0.2, 0.25) is 0 Å². The number of hydrogen-bond acceptors (Lipinski definition) is 2. The molecule has 1 unspecified atom stereocenters. The maximum atomic E-state index is 9.44. The van der Waals surface area contributed by atoms with Gasteiger partial charge in [-0.3, -0.25) is 0 Å². The summed E-state index contributed by atoms with van der Waals surface area (Å²) in [4.78, 5) is 0. The molecule has 1 aliphatic rings. The number of fused-ring (bicyclic) bond motifs is 1. The Hall–Kier alpha value is -1.32. The molecular weight excluding hydrogens is 328 g/mol. The van der Waals surface area contributed by atoms with Crippen LogP contribution in [0.15, 0.2) is 46.9 Å². The molecule has 0 fully saturated rings. The van der Waals surface area contributed by atoms with Crippen LogP contribution in [-0.2, 0) is 13.0 Å². The van der Waals surface area contributed by atoms with Crippen molar-refractivity contribution in [2.45, 2.75) is 31.8 Å². The number of rotatable bonds is 4. The first-order valence-electron chi connectivity index (χ1n) is 7.38. The zero-order valence-electron chi connectivity index (χ0n) is 11.9. The van der Waals surface area contributed by atoms with Crippen molar-refractivity contribution in [2.24, 2.45) is 0 Å². The predicted octanol–water partition coefficient (Wildman–Crippen LogP) is 4.44. The molecular formula is C18H19BrO2. The Bertz CT molecular complexity index is 624. The van der Waals surface area contributed by atoms with Crippen LogP contribution in [-0.4, -0.2) is 11.7 Å². The average molecular weight is 347 g/mol. The van der Waals surface area contributed by atoms with Gasteiger partial charge in [0.05, 0.1) is 13.2 Å². The third-order valence-electron chi connectivity index (χ3n) is 4.13. The predicted molar refractivity (Wildman–Crippen MR) is 87.7 cm³/mol. The van der Waals surface area contributed by atoms with Gasteiger partial charge in [-0.15, -0.1) is 0 Å². The number of aryl methyl sites for hydroxylation is 1. The second kappa shape index (κ2) is 6.63.